The van der Waals surface area contributed by atoms with Crippen molar-refractivity contribution in [2.24, 2.45) is 0 Å². The maximum Gasteiger partial charge on any atom is 0.270 e. The van der Waals surface area contributed by atoms with E-state index in [1.165, 1.54) is 12.1 Å². The highest BCUT2D eigenvalue weighted by atomic mass is 16.6. The second kappa shape index (κ2) is 5.57. The smallest absolute Gasteiger partial charge is 0.270 e. The molecule has 0 aliphatic heterocycles. The van der Waals surface area contributed by atoms with Crippen molar-refractivity contribution in [3.63, 3.8) is 0 Å². The largest absolute Gasteiger partial charge is 0.339 e. The summed E-state index contributed by atoms with van der Waals surface area (Å²) in [5.74, 6) is 0.891. The fourth-order valence-electron chi connectivity index (χ4n) is 1.66. The van der Waals surface area contributed by atoms with Crippen molar-refractivity contribution >= 4 is 5.69 Å². The first-order chi connectivity index (χ1) is 9.11. The topological polar surface area (TPSA) is 94.1 Å². The van der Waals surface area contributed by atoms with Gasteiger partial charge in [0, 0.05) is 30.7 Å². The molecule has 0 spiro atoms. The Morgan fingerprint density at radius 2 is 2.26 bits per heavy atom. The standard InChI is InChI=1S/C12H14N4O3/c1-8-3-4-9(16(17)18)7-10(8)12-14-11(19-15-12)5-6-13-2/h3-4,7,13H,5-6H2,1-2H3. The lowest BCUT2D eigenvalue weighted by Crippen LogP contribution is -2.10. The normalized spacial score (nSPS) is 10.6. The van der Waals surface area contributed by atoms with E-state index in [-0.39, 0.29) is 5.69 Å². The van der Waals surface area contributed by atoms with Gasteiger partial charge in [-0.05, 0) is 19.5 Å². The Kier molecular flexibility index (Phi) is 3.86. The molecule has 0 atom stereocenters. The Bertz CT molecular complexity index is 594. The first-order valence-corrected chi connectivity index (χ1v) is 5.84. The Balaban J connectivity index is 2.32. The Labute approximate surface area is 109 Å². The van der Waals surface area contributed by atoms with Crippen LogP contribution in [0.3, 0.4) is 0 Å². The number of non-ortho nitro benzene ring substituents is 1. The van der Waals surface area contributed by atoms with Crippen LogP contribution in [0.2, 0.25) is 0 Å². The van der Waals surface area contributed by atoms with Crippen LogP contribution in [0.4, 0.5) is 5.69 Å². The van der Waals surface area contributed by atoms with E-state index in [1.807, 2.05) is 14.0 Å². The van der Waals surface area contributed by atoms with E-state index in [0.717, 1.165) is 12.1 Å². The van der Waals surface area contributed by atoms with E-state index in [4.69, 9.17) is 4.52 Å². The molecular weight excluding hydrogens is 248 g/mol. The van der Waals surface area contributed by atoms with Crippen molar-refractivity contribution < 1.29 is 9.45 Å². The molecule has 0 aliphatic rings. The first-order valence-electron chi connectivity index (χ1n) is 5.84. The zero-order valence-electron chi connectivity index (χ0n) is 10.7. The molecule has 1 aromatic heterocycles. The third-order valence-electron chi connectivity index (χ3n) is 2.73. The van der Waals surface area contributed by atoms with E-state index >= 15 is 0 Å². The second-order valence-electron chi connectivity index (χ2n) is 4.12. The Morgan fingerprint density at radius 3 is 2.95 bits per heavy atom. The van der Waals surface area contributed by atoms with Gasteiger partial charge in [0.15, 0.2) is 0 Å². The summed E-state index contributed by atoms with van der Waals surface area (Å²) in [6.07, 6.45) is 0.622. The van der Waals surface area contributed by atoms with Gasteiger partial charge in [0.25, 0.3) is 5.69 Å². The molecule has 0 unspecified atom stereocenters. The monoisotopic (exact) mass is 262 g/mol. The van der Waals surface area contributed by atoms with Gasteiger partial charge in [-0.3, -0.25) is 10.1 Å². The van der Waals surface area contributed by atoms with Gasteiger partial charge in [0.05, 0.1) is 4.92 Å². The van der Waals surface area contributed by atoms with Gasteiger partial charge < -0.3 is 9.84 Å². The summed E-state index contributed by atoms with van der Waals surface area (Å²) in [4.78, 5) is 14.6. The molecule has 19 heavy (non-hydrogen) atoms. The molecule has 0 saturated heterocycles. The molecule has 1 heterocycles. The van der Waals surface area contributed by atoms with Crippen molar-refractivity contribution in [1.82, 2.24) is 15.5 Å². The summed E-state index contributed by atoms with van der Waals surface area (Å²) >= 11 is 0. The molecule has 0 saturated carbocycles. The van der Waals surface area contributed by atoms with E-state index in [0.29, 0.717) is 23.7 Å². The van der Waals surface area contributed by atoms with Gasteiger partial charge in [-0.25, -0.2) is 0 Å². The van der Waals surface area contributed by atoms with Crippen LogP contribution in [0.15, 0.2) is 22.7 Å². The summed E-state index contributed by atoms with van der Waals surface area (Å²) < 4.78 is 5.11. The number of nitrogens with one attached hydrogen (secondary N) is 1. The number of nitro groups is 1. The van der Waals surface area contributed by atoms with Crippen LogP contribution in [-0.2, 0) is 6.42 Å². The molecule has 0 radical (unpaired) electrons. The second-order valence-corrected chi connectivity index (χ2v) is 4.12. The molecule has 0 fully saturated rings. The lowest BCUT2D eigenvalue weighted by Gasteiger charge is -2.00. The number of nitrogens with zero attached hydrogens (tertiary/aromatic N) is 3. The number of rotatable bonds is 5. The number of hydrogen-bond donors (Lipinski definition) is 1. The van der Waals surface area contributed by atoms with Gasteiger partial charge in [-0.2, -0.15) is 4.98 Å². The Morgan fingerprint density at radius 1 is 1.47 bits per heavy atom. The van der Waals surface area contributed by atoms with Crippen molar-refractivity contribution in [3.8, 4) is 11.4 Å². The highest BCUT2D eigenvalue weighted by Gasteiger charge is 2.15. The molecule has 1 aromatic carbocycles. The van der Waals surface area contributed by atoms with Crippen LogP contribution in [0, 0.1) is 17.0 Å². The van der Waals surface area contributed by atoms with Crippen LogP contribution < -0.4 is 5.32 Å². The van der Waals surface area contributed by atoms with E-state index in [1.54, 1.807) is 6.07 Å². The lowest BCUT2D eigenvalue weighted by atomic mass is 10.1. The SMILES string of the molecule is CNCCc1nc(-c2cc([N+](=O)[O-])ccc2C)no1. The van der Waals surface area contributed by atoms with E-state index < -0.39 is 4.92 Å². The van der Waals surface area contributed by atoms with E-state index in [9.17, 15) is 10.1 Å². The molecule has 2 aromatic rings. The number of likely N-dealkylation sites (N-methyl/N-ethyl adjacent to an activating group) is 1. The highest BCUT2D eigenvalue weighted by Crippen LogP contribution is 2.25. The zero-order valence-corrected chi connectivity index (χ0v) is 10.7. The van der Waals surface area contributed by atoms with Crippen molar-refractivity contribution in [1.29, 1.82) is 0 Å². The molecule has 0 amide bonds. The third kappa shape index (κ3) is 2.94. The van der Waals surface area contributed by atoms with Crippen LogP contribution in [0.5, 0.6) is 0 Å². The summed E-state index contributed by atoms with van der Waals surface area (Å²) in [6.45, 7) is 2.58. The fraction of sp³-hybridized carbons (Fsp3) is 0.333. The molecule has 1 N–H and O–H groups in total. The quantitative estimate of drug-likeness (QED) is 0.651. The minimum Gasteiger partial charge on any atom is -0.339 e. The maximum absolute atomic E-state index is 10.8. The predicted octanol–water partition coefficient (Wildman–Crippen LogP) is 1.72. The van der Waals surface area contributed by atoms with Gasteiger partial charge in [-0.15, -0.1) is 0 Å². The van der Waals surface area contributed by atoms with Crippen LogP contribution in [0.25, 0.3) is 11.4 Å². The van der Waals surface area contributed by atoms with Gasteiger partial charge in [0.2, 0.25) is 11.7 Å². The molecule has 2 rings (SSSR count). The molecular formula is C12H14N4O3. The minimum atomic E-state index is -0.440. The maximum atomic E-state index is 10.8. The van der Waals surface area contributed by atoms with Gasteiger partial charge >= 0.3 is 0 Å². The van der Waals surface area contributed by atoms with Gasteiger partial charge in [-0.1, -0.05) is 11.2 Å². The molecule has 7 heteroatoms. The summed E-state index contributed by atoms with van der Waals surface area (Å²) in [5, 5.41) is 17.6. The van der Waals surface area contributed by atoms with Crippen LogP contribution in [0.1, 0.15) is 11.5 Å². The number of nitro benzene ring substituents is 1. The molecule has 7 nitrogen and oxygen atoms in total. The van der Waals surface area contributed by atoms with Crippen LogP contribution in [-0.4, -0.2) is 28.7 Å². The number of benzene rings is 1. The highest BCUT2D eigenvalue weighted by molar-refractivity contribution is 5.63. The molecule has 0 bridgehead atoms. The predicted molar refractivity (Wildman–Crippen MR) is 68.8 cm³/mol. The number of aryl methyl sites for hydroxylation is 1. The van der Waals surface area contributed by atoms with Gasteiger partial charge in [0.1, 0.15) is 0 Å². The summed E-state index contributed by atoms with van der Waals surface area (Å²) in [5.41, 5.74) is 1.50. The van der Waals surface area contributed by atoms with Crippen molar-refractivity contribution in [2.75, 3.05) is 13.6 Å². The third-order valence-corrected chi connectivity index (χ3v) is 2.73. The average molecular weight is 262 g/mol. The number of hydrogen-bond acceptors (Lipinski definition) is 6. The minimum absolute atomic E-state index is 0.0159. The van der Waals surface area contributed by atoms with Crippen molar-refractivity contribution in [3.05, 3.63) is 39.8 Å². The molecule has 100 valence electrons. The average Bonchev–Trinajstić information content (AvgIpc) is 2.85. The fourth-order valence-corrected chi connectivity index (χ4v) is 1.66. The van der Waals surface area contributed by atoms with Crippen molar-refractivity contribution in [2.45, 2.75) is 13.3 Å². The van der Waals surface area contributed by atoms with Crippen LogP contribution >= 0.6 is 0 Å². The lowest BCUT2D eigenvalue weighted by molar-refractivity contribution is -0.384. The summed E-state index contributed by atoms with van der Waals surface area (Å²) in [6, 6.07) is 4.60. The van der Waals surface area contributed by atoms with E-state index in [2.05, 4.69) is 15.5 Å². The Hall–Kier alpha value is -2.28. The number of aromatic nitrogens is 2. The first kappa shape index (κ1) is 13.2. The summed E-state index contributed by atoms with van der Waals surface area (Å²) in [7, 11) is 1.84. The molecule has 0 aliphatic carbocycles. The zero-order chi connectivity index (χ0) is 13.8.